The molecule has 0 spiro atoms. The molecule has 0 saturated carbocycles. The van der Waals surface area contributed by atoms with Crippen molar-refractivity contribution in [2.75, 3.05) is 6.61 Å². The Hall–Kier alpha value is -1.73. The number of ether oxygens (including phenoxy) is 1. The first kappa shape index (κ1) is 14.3. The van der Waals surface area contributed by atoms with Crippen LogP contribution in [0.2, 0.25) is 0 Å². The summed E-state index contributed by atoms with van der Waals surface area (Å²) in [5, 5.41) is 6.82. The lowest BCUT2D eigenvalue weighted by atomic mass is 10.2. The maximum atomic E-state index is 12.6. The summed E-state index contributed by atoms with van der Waals surface area (Å²) in [6.45, 7) is 1.20. The standard InChI is InChI=1S/C10H10F4N2O2/c1-5-3-7(6(2)17)15-16-8(5)18-4-10(13,14)9(11)12/h3,9H,4H2,1-2H3. The molecule has 0 radical (unpaired) electrons. The first-order chi connectivity index (χ1) is 8.24. The van der Waals surface area contributed by atoms with Crippen LogP contribution in [0.15, 0.2) is 6.07 Å². The van der Waals surface area contributed by atoms with Crippen molar-refractivity contribution < 1.29 is 27.1 Å². The predicted octanol–water partition coefficient (Wildman–Crippen LogP) is 2.27. The molecule has 1 heterocycles. The number of hydrogen-bond acceptors (Lipinski definition) is 4. The molecule has 0 aliphatic heterocycles. The van der Waals surface area contributed by atoms with Crippen molar-refractivity contribution in [3.63, 3.8) is 0 Å². The second-order valence-electron chi connectivity index (χ2n) is 3.62. The molecule has 1 aromatic rings. The molecule has 4 nitrogen and oxygen atoms in total. The second-order valence-corrected chi connectivity index (χ2v) is 3.62. The fourth-order valence-electron chi connectivity index (χ4n) is 1.02. The van der Waals surface area contributed by atoms with Gasteiger partial charge in [0.25, 0.3) is 0 Å². The van der Waals surface area contributed by atoms with E-state index in [-0.39, 0.29) is 22.9 Å². The van der Waals surface area contributed by atoms with Crippen LogP contribution in [0.25, 0.3) is 0 Å². The van der Waals surface area contributed by atoms with Crippen LogP contribution in [0.5, 0.6) is 5.88 Å². The molecular formula is C10H10F4N2O2. The highest BCUT2D eigenvalue weighted by molar-refractivity contribution is 5.92. The lowest BCUT2D eigenvalue weighted by Gasteiger charge is -2.16. The fraction of sp³-hybridized carbons (Fsp3) is 0.500. The Kier molecular flexibility index (Phi) is 4.20. The van der Waals surface area contributed by atoms with Crippen LogP contribution in [0, 0.1) is 6.92 Å². The summed E-state index contributed by atoms with van der Waals surface area (Å²) in [7, 11) is 0. The van der Waals surface area contributed by atoms with Crippen LogP contribution >= 0.6 is 0 Å². The number of carbonyl (C=O) groups is 1. The largest absolute Gasteiger partial charge is 0.470 e. The zero-order chi connectivity index (χ0) is 13.9. The fourth-order valence-corrected chi connectivity index (χ4v) is 1.02. The van der Waals surface area contributed by atoms with Crippen LogP contribution in [0.1, 0.15) is 23.0 Å². The van der Waals surface area contributed by atoms with Crippen molar-refractivity contribution >= 4 is 5.78 Å². The Morgan fingerprint density at radius 3 is 2.50 bits per heavy atom. The molecule has 0 saturated heterocycles. The molecule has 0 unspecified atom stereocenters. The third-order valence-electron chi connectivity index (χ3n) is 2.02. The van der Waals surface area contributed by atoms with E-state index in [4.69, 9.17) is 0 Å². The van der Waals surface area contributed by atoms with Gasteiger partial charge in [-0.25, -0.2) is 8.78 Å². The molecule has 0 atom stereocenters. The Balaban J connectivity index is 2.78. The zero-order valence-electron chi connectivity index (χ0n) is 9.58. The van der Waals surface area contributed by atoms with Crippen molar-refractivity contribution in [2.45, 2.75) is 26.2 Å². The maximum absolute atomic E-state index is 12.6. The highest BCUT2D eigenvalue weighted by Crippen LogP contribution is 2.24. The molecular weight excluding hydrogens is 256 g/mol. The van der Waals surface area contributed by atoms with E-state index in [2.05, 4.69) is 14.9 Å². The molecule has 0 N–H and O–H groups in total. The maximum Gasteiger partial charge on any atom is 0.340 e. The Bertz CT molecular complexity index is 452. The van der Waals surface area contributed by atoms with E-state index in [1.54, 1.807) is 0 Å². The first-order valence-electron chi connectivity index (χ1n) is 4.88. The van der Waals surface area contributed by atoms with Crippen molar-refractivity contribution in [2.24, 2.45) is 0 Å². The van der Waals surface area contributed by atoms with E-state index >= 15 is 0 Å². The molecule has 0 aliphatic carbocycles. The summed E-state index contributed by atoms with van der Waals surface area (Å²) < 4.78 is 53.4. The van der Waals surface area contributed by atoms with Gasteiger partial charge in [-0.15, -0.1) is 10.2 Å². The highest BCUT2D eigenvalue weighted by atomic mass is 19.3. The van der Waals surface area contributed by atoms with Crippen LogP contribution in [0.4, 0.5) is 17.6 Å². The number of hydrogen-bond donors (Lipinski definition) is 0. The first-order valence-corrected chi connectivity index (χ1v) is 4.88. The second kappa shape index (κ2) is 5.28. The van der Waals surface area contributed by atoms with Crippen molar-refractivity contribution in [1.29, 1.82) is 0 Å². The van der Waals surface area contributed by atoms with Crippen LogP contribution in [-0.4, -0.2) is 34.9 Å². The Morgan fingerprint density at radius 2 is 2.06 bits per heavy atom. The van der Waals surface area contributed by atoms with Gasteiger partial charge in [0.1, 0.15) is 5.69 Å². The van der Waals surface area contributed by atoms with Crippen molar-refractivity contribution in [3.8, 4) is 5.88 Å². The minimum Gasteiger partial charge on any atom is -0.470 e. The van der Waals surface area contributed by atoms with E-state index in [9.17, 15) is 22.4 Å². The average molecular weight is 266 g/mol. The third-order valence-corrected chi connectivity index (χ3v) is 2.02. The van der Waals surface area contributed by atoms with E-state index in [1.807, 2.05) is 0 Å². The summed E-state index contributed by atoms with van der Waals surface area (Å²) >= 11 is 0. The number of aromatic nitrogens is 2. The molecule has 8 heteroatoms. The van der Waals surface area contributed by atoms with Gasteiger partial charge in [-0.2, -0.15) is 8.78 Å². The number of ketones is 1. The molecule has 0 aromatic carbocycles. The summed E-state index contributed by atoms with van der Waals surface area (Å²) in [5.41, 5.74) is 0.306. The summed E-state index contributed by atoms with van der Waals surface area (Å²) in [6, 6.07) is 1.28. The van der Waals surface area contributed by atoms with E-state index in [0.29, 0.717) is 0 Å². The lowest BCUT2D eigenvalue weighted by Crippen LogP contribution is -2.34. The number of rotatable bonds is 5. The van der Waals surface area contributed by atoms with Gasteiger partial charge in [0.05, 0.1) is 0 Å². The summed E-state index contributed by atoms with van der Waals surface area (Å²) in [5.74, 6) is -4.91. The van der Waals surface area contributed by atoms with Gasteiger partial charge in [-0.05, 0) is 13.0 Å². The van der Waals surface area contributed by atoms with Crippen molar-refractivity contribution in [3.05, 3.63) is 17.3 Å². The lowest BCUT2D eigenvalue weighted by molar-refractivity contribution is -0.148. The Morgan fingerprint density at radius 1 is 1.44 bits per heavy atom. The van der Waals surface area contributed by atoms with Gasteiger partial charge in [0, 0.05) is 12.5 Å². The minimum atomic E-state index is -4.26. The zero-order valence-corrected chi connectivity index (χ0v) is 9.58. The molecule has 1 rings (SSSR count). The quantitative estimate of drug-likeness (QED) is 0.606. The number of nitrogens with zero attached hydrogens (tertiary/aromatic N) is 2. The van der Waals surface area contributed by atoms with Gasteiger partial charge < -0.3 is 4.74 Å². The monoisotopic (exact) mass is 266 g/mol. The molecule has 0 fully saturated rings. The highest BCUT2D eigenvalue weighted by Gasteiger charge is 2.42. The van der Waals surface area contributed by atoms with Gasteiger partial charge in [0.2, 0.25) is 5.88 Å². The molecule has 100 valence electrons. The predicted molar refractivity (Wildman–Crippen MR) is 53.2 cm³/mol. The third kappa shape index (κ3) is 3.38. The SMILES string of the molecule is CC(=O)c1cc(C)c(OCC(F)(F)C(F)F)nn1. The van der Waals surface area contributed by atoms with Gasteiger partial charge >= 0.3 is 12.3 Å². The van der Waals surface area contributed by atoms with Gasteiger partial charge in [-0.1, -0.05) is 0 Å². The van der Waals surface area contributed by atoms with E-state index in [1.165, 1.54) is 19.9 Å². The number of halogens is 4. The number of carbonyl (C=O) groups excluding carboxylic acids is 1. The molecule has 1 aromatic heterocycles. The van der Waals surface area contributed by atoms with Crippen molar-refractivity contribution in [1.82, 2.24) is 10.2 Å². The van der Waals surface area contributed by atoms with Crippen LogP contribution < -0.4 is 4.74 Å². The molecule has 0 aliphatic rings. The topological polar surface area (TPSA) is 52.1 Å². The average Bonchev–Trinajstić information content (AvgIpc) is 2.26. The number of aryl methyl sites for hydroxylation is 1. The smallest absolute Gasteiger partial charge is 0.340 e. The molecule has 0 amide bonds. The van der Waals surface area contributed by atoms with Gasteiger partial charge in [0.15, 0.2) is 12.4 Å². The van der Waals surface area contributed by atoms with Crippen LogP contribution in [-0.2, 0) is 0 Å². The number of alkyl halides is 4. The van der Waals surface area contributed by atoms with E-state index in [0.717, 1.165) is 0 Å². The molecule has 0 bridgehead atoms. The minimum absolute atomic E-state index is 0.0421. The number of Topliss-reactive ketones (excluding diaryl/α,β-unsaturated/α-hetero) is 1. The summed E-state index contributed by atoms with van der Waals surface area (Å²) in [4.78, 5) is 11.0. The van der Waals surface area contributed by atoms with E-state index < -0.39 is 19.0 Å². The van der Waals surface area contributed by atoms with Gasteiger partial charge in [-0.3, -0.25) is 4.79 Å². The normalized spacial score (nSPS) is 11.7. The molecule has 18 heavy (non-hydrogen) atoms. The summed E-state index contributed by atoms with van der Waals surface area (Å²) in [6.07, 6.45) is -3.82. The Labute approximate surface area is 100.0 Å². The van der Waals surface area contributed by atoms with Crippen LogP contribution in [0.3, 0.4) is 0 Å².